The lowest BCUT2D eigenvalue weighted by atomic mass is 9.83. The Kier molecular flexibility index (Phi) is 6.20. The molecule has 1 fully saturated rings. The van der Waals surface area contributed by atoms with Crippen LogP contribution in [-0.4, -0.2) is 49.6 Å². The molecule has 1 saturated heterocycles. The second-order valence-electron chi connectivity index (χ2n) is 7.57. The highest BCUT2D eigenvalue weighted by Crippen LogP contribution is 2.42. The van der Waals surface area contributed by atoms with E-state index in [0.717, 1.165) is 25.1 Å². The summed E-state index contributed by atoms with van der Waals surface area (Å²) >= 11 is 0. The molecule has 0 amide bonds. The number of benzene rings is 1. The number of allylic oxidation sites excluding steroid dienone is 1. The molecule has 26 heavy (non-hydrogen) atoms. The molecule has 0 saturated carbocycles. The number of alkyl halides is 1. The van der Waals surface area contributed by atoms with Crippen LogP contribution in [0, 0.1) is 5.92 Å². The molecule has 0 spiro atoms. The lowest BCUT2D eigenvalue weighted by Gasteiger charge is -2.43. The lowest BCUT2D eigenvalue weighted by Crippen LogP contribution is -2.44. The van der Waals surface area contributed by atoms with Gasteiger partial charge < -0.3 is 14.6 Å². The summed E-state index contributed by atoms with van der Waals surface area (Å²) in [7, 11) is 1.63. The number of aliphatic hydroxyl groups is 1. The molecule has 1 unspecified atom stereocenters. The van der Waals surface area contributed by atoms with Crippen LogP contribution in [0.15, 0.2) is 23.8 Å². The van der Waals surface area contributed by atoms with E-state index in [1.54, 1.807) is 7.11 Å². The normalized spacial score (nSPS) is 24.5. The van der Waals surface area contributed by atoms with Gasteiger partial charge in [0.05, 0.1) is 26.5 Å². The van der Waals surface area contributed by atoms with E-state index in [0.29, 0.717) is 36.9 Å². The molecule has 0 radical (unpaired) electrons. The molecule has 3 rings (SSSR count). The van der Waals surface area contributed by atoms with Crippen molar-refractivity contribution in [1.82, 2.24) is 4.90 Å². The molecule has 0 aromatic heterocycles. The maximum Gasteiger partial charge on any atom is 0.161 e. The van der Waals surface area contributed by atoms with Crippen molar-refractivity contribution in [1.29, 1.82) is 0 Å². The third kappa shape index (κ3) is 4.04. The number of ether oxygens (including phenoxy) is 2. The monoisotopic (exact) mass is 363 g/mol. The highest BCUT2D eigenvalue weighted by Gasteiger charge is 2.36. The van der Waals surface area contributed by atoms with Gasteiger partial charge >= 0.3 is 0 Å². The minimum atomic E-state index is -0.393. The number of piperidine rings is 1. The lowest BCUT2D eigenvalue weighted by molar-refractivity contribution is 0.0772. The van der Waals surface area contributed by atoms with Gasteiger partial charge in [0.1, 0.15) is 0 Å². The van der Waals surface area contributed by atoms with Crippen LogP contribution in [0.2, 0.25) is 0 Å². The molecule has 0 aliphatic carbocycles. The number of rotatable bonds is 6. The molecule has 1 N–H and O–H groups in total. The van der Waals surface area contributed by atoms with E-state index in [1.807, 2.05) is 12.1 Å². The number of hydrogen-bond acceptors (Lipinski definition) is 4. The van der Waals surface area contributed by atoms with Crippen LogP contribution in [0.1, 0.15) is 43.9 Å². The summed E-state index contributed by atoms with van der Waals surface area (Å²) in [5.74, 6) is 1.81. The number of halogens is 1. The van der Waals surface area contributed by atoms with Crippen molar-refractivity contribution in [3.8, 4) is 11.5 Å². The summed E-state index contributed by atoms with van der Waals surface area (Å²) in [6.07, 6.45) is 3.83. The SMILES string of the molecule is COc1cc2c(cc1OCCCF)CCN1C/C(=C\C(C)C)[C@H](O)CC21. The topological polar surface area (TPSA) is 41.9 Å². The highest BCUT2D eigenvalue weighted by atomic mass is 19.1. The molecule has 0 bridgehead atoms. The van der Waals surface area contributed by atoms with Crippen LogP contribution in [0.25, 0.3) is 0 Å². The summed E-state index contributed by atoms with van der Waals surface area (Å²) < 4.78 is 23.6. The Morgan fingerprint density at radius 3 is 2.85 bits per heavy atom. The Morgan fingerprint density at radius 2 is 2.15 bits per heavy atom. The predicted molar refractivity (Wildman–Crippen MR) is 101 cm³/mol. The molecule has 1 aromatic carbocycles. The smallest absolute Gasteiger partial charge is 0.161 e. The van der Waals surface area contributed by atoms with Crippen molar-refractivity contribution in [2.45, 2.75) is 45.3 Å². The van der Waals surface area contributed by atoms with Crippen LogP contribution in [0.5, 0.6) is 11.5 Å². The van der Waals surface area contributed by atoms with Crippen molar-refractivity contribution in [2.75, 3.05) is 33.5 Å². The molecular formula is C21H30FNO3. The maximum absolute atomic E-state index is 12.3. The first-order valence-corrected chi connectivity index (χ1v) is 9.55. The predicted octanol–water partition coefficient (Wildman–Crippen LogP) is 3.68. The molecular weight excluding hydrogens is 333 g/mol. The molecule has 4 nitrogen and oxygen atoms in total. The third-order valence-corrected chi connectivity index (χ3v) is 5.24. The van der Waals surface area contributed by atoms with Gasteiger partial charge in [-0.15, -0.1) is 0 Å². The summed E-state index contributed by atoms with van der Waals surface area (Å²) in [6, 6.07) is 4.28. The average molecular weight is 363 g/mol. The van der Waals surface area contributed by atoms with E-state index in [-0.39, 0.29) is 12.7 Å². The Bertz CT molecular complexity index is 659. The fraction of sp³-hybridized carbons (Fsp3) is 0.619. The third-order valence-electron chi connectivity index (χ3n) is 5.24. The van der Waals surface area contributed by atoms with Crippen molar-refractivity contribution in [2.24, 2.45) is 5.92 Å². The van der Waals surface area contributed by atoms with Crippen LogP contribution >= 0.6 is 0 Å². The van der Waals surface area contributed by atoms with Crippen molar-refractivity contribution in [3.05, 3.63) is 34.9 Å². The first-order valence-electron chi connectivity index (χ1n) is 9.55. The van der Waals surface area contributed by atoms with Crippen molar-refractivity contribution >= 4 is 0 Å². The number of nitrogens with zero attached hydrogens (tertiary/aromatic N) is 1. The molecule has 144 valence electrons. The van der Waals surface area contributed by atoms with Gasteiger partial charge in [0.2, 0.25) is 0 Å². The molecule has 2 heterocycles. The van der Waals surface area contributed by atoms with Gasteiger partial charge in [0.25, 0.3) is 0 Å². The number of fused-ring (bicyclic) bond motifs is 3. The molecule has 2 aliphatic rings. The van der Waals surface area contributed by atoms with E-state index >= 15 is 0 Å². The number of methoxy groups -OCH3 is 1. The zero-order chi connectivity index (χ0) is 18.7. The summed E-state index contributed by atoms with van der Waals surface area (Å²) in [5, 5.41) is 10.6. The molecule has 2 aliphatic heterocycles. The summed E-state index contributed by atoms with van der Waals surface area (Å²) in [5.41, 5.74) is 3.59. The van der Waals surface area contributed by atoms with E-state index in [2.05, 4.69) is 24.8 Å². The highest BCUT2D eigenvalue weighted by molar-refractivity contribution is 5.50. The van der Waals surface area contributed by atoms with Crippen LogP contribution in [-0.2, 0) is 6.42 Å². The zero-order valence-corrected chi connectivity index (χ0v) is 16.0. The summed E-state index contributed by atoms with van der Waals surface area (Å²) in [6.45, 7) is 6.05. The molecule has 2 atom stereocenters. The van der Waals surface area contributed by atoms with Crippen molar-refractivity contribution < 1.29 is 19.0 Å². The summed E-state index contributed by atoms with van der Waals surface area (Å²) in [4.78, 5) is 2.45. The van der Waals surface area contributed by atoms with Gasteiger partial charge in [-0.05, 0) is 47.6 Å². The maximum atomic E-state index is 12.3. The second-order valence-corrected chi connectivity index (χ2v) is 7.57. The van der Waals surface area contributed by atoms with Gasteiger partial charge in [0.15, 0.2) is 11.5 Å². The van der Waals surface area contributed by atoms with Crippen LogP contribution in [0.3, 0.4) is 0 Å². The van der Waals surface area contributed by atoms with E-state index in [9.17, 15) is 9.50 Å². The average Bonchev–Trinajstić information content (AvgIpc) is 2.61. The molecule has 5 heteroatoms. The van der Waals surface area contributed by atoms with Crippen LogP contribution < -0.4 is 9.47 Å². The fourth-order valence-corrected chi connectivity index (χ4v) is 4.03. The van der Waals surface area contributed by atoms with Gasteiger partial charge in [-0.25, -0.2) is 0 Å². The van der Waals surface area contributed by atoms with Gasteiger partial charge in [-0.3, -0.25) is 9.29 Å². The van der Waals surface area contributed by atoms with E-state index in [4.69, 9.17) is 9.47 Å². The first kappa shape index (κ1) is 19.2. The largest absolute Gasteiger partial charge is 0.493 e. The zero-order valence-electron chi connectivity index (χ0n) is 16.0. The number of aliphatic hydroxyl groups excluding tert-OH is 1. The first-order chi connectivity index (χ1) is 12.5. The van der Waals surface area contributed by atoms with Gasteiger partial charge in [-0.2, -0.15) is 0 Å². The van der Waals surface area contributed by atoms with Crippen LogP contribution in [0.4, 0.5) is 4.39 Å². The second kappa shape index (κ2) is 8.40. The number of hydrogen-bond donors (Lipinski definition) is 1. The Balaban J connectivity index is 1.85. The Morgan fingerprint density at radius 1 is 1.35 bits per heavy atom. The van der Waals surface area contributed by atoms with Gasteiger partial charge in [-0.1, -0.05) is 19.9 Å². The van der Waals surface area contributed by atoms with Gasteiger partial charge in [0, 0.05) is 25.6 Å². The van der Waals surface area contributed by atoms with E-state index < -0.39 is 6.10 Å². The van der Waals surface area contributed by atoms with E-state index in [1.165, 1.54) is 11.1 Å². The Hall–Kier alpha value is -1.59. The minimum absolute atomic E-state index is 0.201. The fourth-order valence-electron chi connectivity index (χ4n) is 4.03. The standard InChI is InChI=1S/C21H30FNO3/c1-14(2)9-16-13-23-7-5-15-10-21(26-8-4-6-22)20(25-3)11-17(15)18(23)12-19(16)24/h9-11,14,18-19,24H,4-8,12-13H2,1-3H3/b16-9+/t18?,19-/m1/s1. The minimum Gasteiger partial charge on any atom is -0.493 e. The molecule has 1 aromatic rings. The van der Waals surface area contributed by atoms with Crippen molar-refractivity contribution in [3.63, 3.8) is 0 Å². The Labute approximate surface area is 155 Å². The quantitative estimate of drug-likeness (QED) is 0.618.